The van der Waals surface area contributed by atoms with Gasteiger partial charge in [-0.3, -0.25) is 14.8 Å². The zero-order chi connectivity index (χ0) is 17.6. The van der Waals surface area contributed by atoms with Crippen molar-refractivity contribution in [2.75, 3.05) is 18.4 Å². The maximum atomic E-state index is 13.1. The fourth-order valence-corrected chi connectivity index (χ4v) is 2.71. The number of hydrogen-bond acceptors (Lipinski definition) is 4. The Labute approximate surface area is 152 Å². The van der Waals surface area contributed by atoms with Gasteiger partial charge in [0.25, 0.3) is 5.91 Å². The minimum absolute atomic E-state index is 0.277. The average molecular weight is 403 g/mol. The summed E-state index contributed by atoms with van der Waals surface area (Å²) in [7, 11) is 0. The van der Waals surface area contributed by atoms with Crippen LogP contribution < -0.4 is 10.6 Å². The summed E-state index contributed by atoms with van der Waals surface area (Å²) >= 11 is 3.38. The zero-order valence-corrected chi connectivity index (χ0v) is 14.9. The zero-order valence-electron chi connectivity index (χ0n) is 13.3. The Hall–Kier alpha value is -2.54. The van der Waals surface area contributed by atoms with Gasteiger partial charge in [-0.25, -0.2) is 4.39 Å². The summed E-state index contributed by atoms with van der Waals surface area (Å²) in [5.74, 6) is -0.696. The van der Waals surface area contributed by atoms with Crippen molar-refractivity contribution in [3.63, 3.8) is 0 Å². The molecule has 2 aromatic heterocycles. The summed E-state index contributed by atoms with van der Waals surface area (Å²) < 4.78 is 14.0. The van der Waals surface area contributed by atoms with Crippen LogP contribution in [0.3, 0.4) is 0 Å². The van der Waals surface area contributed by atoms with Gasteiger partial charge in [0.05, 0.1) is 11.2 Å². The Balaban J connectivity index is 1.50. The maximum Gasteiger partial charge on any atom is 0.251 e. The number of amides is 1. The van der Waals surface area contributed by atoms with E-state index in [9.17, 15) is 9.18 Å². The number of nitrogens with zero attached hydrogens (tertiary/aromatic N) is 2. The van der Waals surface area contributed by atoms with Crippen LogP contribution in [-0.2, 0) is 0 Å². The second-order valence-electron chi connectivity index (χ2n) is 5.43. The number of anilines is 1. The average Bonchev–Trinajstić information content (AvgIpc) is 2.61. The molecule has 25 heavy (non-hydrogen) atoms. The number of carbonyl (C=O) groups is 1. The molecule has 0 bridgehead atoms. The maximum absolute atomic E-state index is 13.1. The number of fused-ring (bicyclic) bond motifs is 1. The summed E-state index contributed by atoms with van der Waals surface area (Å²) in [4.78, 5) is 20.6. The lowest BCUT2D eigenvalue weighted by Crippen LogP contribution is -2.25. The number of aromatic nitrogens is 2. The van der Waals surface area contributed by atoms with Gasteiger partial charge < -0.3 is 10.6 Å². The van der Waals surface area contributed by atoms with Gasteiger partial charge in [-0.1, -0.05) is 6.07 Å². The molecule has 128 valence electrons. The van der Waals surface area contributed by atoms with Crippen molar-refractivity contribution in [1.29, 1.82) is 0 Å². The number of halogens is 2. The number of rotatable bonds is 6. The van der Waals surface area contributed by atoms with Crippen LogP contribution in [0.1, 0.15) is 16.8 Å². The van der Waals surface area contributed by atoms with E-state index in [1.165, 1.54) is 18.2 Å². The van der Waals surface area contributed by atoms with E-state index in [2.05, 4.69) is 36.5 Å². The molecule has 2 heterocycles. The fourth-order valence-electron chi connectivity index (χ4n) is 2.39. The third-order valence-electron chi connectivity index (χ3n) is 3.59. The van der Waals surface area contributed by atoms with E-state index in [1.807, 2.05) is 12.1 Å². The van der Waals surface area contributed by atoms with Crippen LogP contribution in [0.5, 0.6) is 0 Å². The predicted molar refractivity (Wildman–Crippen MR) is 99.1 cm³/mol. The van der Waals surface area contributed by atoms with Crippen molar-refractivity contribution in [2.24, 2.45) is 0 Å². The first-order valence-electron chi connectivity index (χ1n) is 7.81. The van der Waals surface area contributed by atoms with Crippen molar-refractivity contribution in [3.8, 4) is 0 Å². The summed E-state index contributed by atoms with van der Waals surface area (Å²) in [5.41, 5.74) is 2.82. The second-order valence-corrected chi connectivity index (χ2v) is 6.34. The van der Waals surface area contributed by atoms with Crippen LogP contribution in [0.2, 0.25) is 0 Å². The van der Waals surface area contributed by atoms with Crippen molar-refractivity contribution in [1.82, 2.24) is 15.3 Å². The Morgan fingerprint density at radius 1 is 1.16 bits per heavy atom. The first-order chi connectivity index (χ1) is 12.1. The first kappa shape index (κ1) is 17.3. The molecule has 7 heteroatoms. The SMILES string of the molecule is O=C(NCCCNc1ccnc2cc(Br)cnc12)c1cccc(F)c1. The van der Waals surface area contributed by atoms with Gasteiger partial charge >= 0.3 is 0 Å². The summed E-state index contributed by atoms with van der Waals surface area (Å²) in [6.07, 6.45) is 4.18. The highest BCUT2D eigenvalue weighted by Crippen LogP contribution is 2.21. The van der Waals surface area contributed by atoms with Gasteiger partial charge in [0, 0.05) is 35.5 Å². The predicted octanol–water partition coefficient (Wildman–Crippen LogP) is 3.76. The topological polar surface area (TPSA) is 66.9 Å². The highest BCUT2D eigenvalue weighted by molar-refractivity contribution is 9.10. The van der Waals surface area contributed by atoms with E-state index in [0.717, 1.165) is 27.6 Å². The molecule has 1 aromatic carbocycles. The largest absolute Gasteiger partial charge is 0.383 e. The normalized spacial score (nSPS) is 10.6. The molecule has 0 aliphatic rings. The van der Waals surface area contributed by atoms with Crippen LogP contribution in [0.15, 0.2) is 53.3 Å². The third-order valence-corrected chi connectivity index (χ3v) is 4.02. The Morgan fingerprint density at radius 2 is 2.04 bits per heavy atom. The third kappa shape index (κ3) is 4.51. The lowest BCUT2D eigenvalue weighted by molar-refractivity contribution is 0.0953. The first-order valence-corrected chi connectivity index (χ1v) is 8.61. The van der Waals surface area contributed by atoms with Gasteiger partial charge in [-0.05, 0) is 52.7 Å². The van der Waals surface area contributed by atoms with Crippen LogP contribution in [0, 0.1) is 5.82 Å². The lowest BCUT2D eigenvalue weighted by atomic mass is 10.2. The monoisotopic (exact) mass is 402 g/mol. The number of nitrogens with one attached hydrogen (secondary N) is 2. The van der Waals surface area contributed by atoms with Gasteiger partial charge in [-0.2, -0.15) is 0 Å². The molecule has 2 N–H and O–H groups in total. The Bertz CT molecular complexity index is 903. The van der Waals surface area contributed by atoms with Crippen LogP contribution in [0.4, 0.5) is 10.1 Å². The molecule has 0 saturated carbocycles. The number of carbonyl (C=O) groups excluding carboxylic acids is 1. The molecular formula is C18H16BrFN4O. The molecule has 0 unspecified atom stereocenters. The molecule has 0 spiro atoms. The minimum Gasteiger partial charge on any atom is -0.383 e. The van der Waals surface area contributed by atoms with E-state index < -0.39 is 5.82 Å². The molecule has 0 saturated heterocycles. The summed E-state index contributed by atoms with van der Waals surface area (Å²) in [6.45, 7) is 1.16. The second kappa shape index (κ2) is 8.02. The van der Waals surface area contributed by atoms with E-state index in [4.69, 9.17) is 0 Å². The number of benzene rings is 1. The van der Waals surface area contributed by atoms with E-state index in [-0.39, 0.29) is 5.91 Å². The molecule has 3 rings (SSSR count). The van der Waals surface area contributed by atoms with Gasteiger partial charge in [0.1, 0.15) is 11.3 Å². The van der Waals surface area contributed by atoms with Crippen LogP contribution in [-0.4, -0.2) is 29.0 Å². The Kier molecular flexibility index (Phi) is 5.55. The number of hydrogen-bond donors (Lipinski definition) is 2. The van der Waals surface area contributed by atoms with Crippen molar-refractivity contribution >= 4 is 38.6 Å². The number of pyridine rings is 2. The van der Waals surface area contributed by atoms with Crippen LogP contribution in [0.25, 0.3) is 11.0 Å². The van der Waals surface area contributed by atoms with E-state index >= 15 is 0 Å². The molecule has 3 aromatic rings. The molecular weight excluding hydrogens is 387 g/mol. The quantitative estimate of drug-likeness (QED) is 0.615. The molecule has 0 fully saturated rings. The van der Waals surface area contributed by atoms with E-state index in [1.54, 1.807) is 18.5 Å². The molecule has 1 amide bonds. The van der Waals surface area contributed by atoms with Crippen molar-refractivity contribution < 1.29 is 9.18 Å². The van der Waals surface area contributed by atoms with Crippen molar-refractivity contribution in [3.05, 3.63) is 64.6 Å². The summed E-state index contributed by atoms with van der Waals surface area (Å²) in [6, 6.07) is 9.42. The fraction of sp³-hybridized carbons (Fsp3) is 0.167. The van der Waals surface area contributed by atoms with E-state index in [0.29, 0.717) is 18.7 Å². The highest BCUT2D eigenvalue weighted by atomic mass is 79.9. The van der Waals surface area contributed by atoms with Gasteiger partial charge in [0.2, 0.25) is 0 Å². The molecule has 0 aliphatic heterocycles. The molecule has 5 nitrogen and oxygen atoms in total. The highest BCUT2D eigenvalue weighted by Gasteiger charge is 2.06. The molecule has 0 radical (unpaired) electrons. The molecule has 0 aliphatic carbocycles. The minimum atomic E-state index is -0.419. The van der Waals surface area contributed by atoms with Gasteiger partial charge in [-0.15, -0.1) is 0 Å². The smallest absolute Gasteiger partial charge is 0.251 e. The Morgan fingerprint density at radius 3 is 2.88 bits per heavy atom. The van der Waals surface area contributed by atoms with Crippen LogP contribution >= 0.6 is 15.9 Å². The lowest BCUT2D eigenvalue weighted by Gasteiger charge is -2.09. The standard InChI is InChI=1S/C18H16BrFN4O/c19-13-10-16-17(24-11-13)15(5-8-22-16)21-6-2-7-23-18(25)12-3-1-4-14(20)9-12/h1,3-5,8-11H,2,6-7H2,(H,21,22)(H,23,25). The van der Waals surface area contributed by atoms with Crippen molar-refractivity contribution in [2.45, 2.75) is 6.42 Å². The summed E-state index contributed by atoms with van der Waals surface area (Å²) in [5, 5.41) is 6.08. The molecule has 0 atom stereocenters. The van der Waals surface area contributed by atoms with Gasteiger partial charge in [0.15, 0.2) is 0 Å².